The first kappa shape index (κ1) is 11.6. The quantitative estimate of drug-likeness (QED) is 0.776. The molecule has 0 N–H and O–H groups in total. The fourth-order valence-electron chi connectivity index (χ4n) is 2.83. The summed E-state index contributed by atoms with van der Waals surface area (Å²) in [7, 11) is 0. The molecule has 1 aromatic carbocycles. The number of amidine groups is 1. The summed E-state index contributed by atoms with van der Waals surface area (Å²) in [5, 5.41) is 2.56. The van der Waals surface area contributed by atoms with Crippen molar-refractivity contribution < 1.29 is 0 Å². The lowest BCUT2D eigenvalue weighted by Gasteiger charge is -2.17. The molecule has 0 saturated heterocycles. The van der Waals surface area contributed by atoms with Gasteiger partial charge in [-0.25, -0.2) is 0 Å². The maximum absolute atomic E-state index is 4.58. The van der Waals surface area contributed by atoms with Gasteiger partial charge in [0.2, 0.25) is 0 Å². The van der Waals surface area contributed by atoms with Crippen LogP contribution < -0.4 is 0 Å². The molecule has 3 heterocycles. The van der Waals surface area contributed by atoms with Crippen LogP contribution in [0.2, 0.25) is 0 Å². The van der Waals surface area contributed by atoms with Gasteiger partial charge in [0.15, 0.2) is 5.17 Å². The van der Waals surface area contributed by atoms with Crippen molar-refractivity contribution in [1.29, 1.82) is 0 Å². The second-order valence-corrected chi connectivity index (χ2v) is 7.37. The monoisotopic (exact) mass is 286 g/mol. The highest BCUT2D eigenvalue weighted by Crippen LogP contribution is 2.43. The Bertz CT molecular complexity index is 740. The number of fused-ring (bicyclic) bond motifs is 2. The summed E-state index contributed by atoms with van der Waals surface area (Å²) >= 11 is 3.69. The van der Waals surface area contributed by atoms with Crippen LogP contribution in [0.5, 0.6) is 0 Å². The van der Waals surface area contributed by atoms with Gasteiger partial charge in [0.25, 0.3) is 0 Å². The third-order valence-corrected chi connectivity index (χ3v) is 5.64. The fraction of sp³-hybridized carbons (Fsp3) is 0.267. The van der Waals surface area contributed by atoms with Crippen molar-refractivity contribution >= 4 is 44.0 Å². The SMILES string of the molecule is CC1=C(c2cccc3sc(C)cc23)N2CCN=C2S1. The topological polar surface area (TPSA) is 15.6 Å². The Balaban J connectivity index is 1.95. The maximum atomic E-state index is 4.58. The molecular formula is C15H14N2S2. The van der Waals surface area contributed by atoms with E-state index in [1.54, 1.807) is 0 Å². The highest BCUT2D eigenvalue weighted by molar-refractivity contribution is 8.17. The van der Waals surface area contributed by atoms with Crippen molar-refractivity contribution in [2.45, 2.75) is 13.8 Å². The van der Waals surface area contributed by atoms with E-state index in [0.29, 0.717) is 0 Å². The number of rotatable bonds is 1. The summed E-state index contributed by atoms with van der Waals surface area (Å²) in [5.74, 6) is 0. The molecule has 0 saturated carbocycles. The average molecular weight is 286 g/mol. The molecule has 0 unspecified atom stereocenters. The number of nitrogens with zero attached hydrogens (tertiary/aromatic N) is 2. The number of aliphatic imine (C=N–C) groups is 1. The summed E-state index contributed by atoms with van der Waals surface area (Å²) in [6.07, 6.45) is 0. The molecule has 19 heavy (non-hydrogen) atoms. The van der Waals surface area contributed by atoms with E-state index in [4.69, 9.17) is 0 Å². The molecule has 2 aromatic rings. The number of aryl methyl sites for hydroxylation is 1. The minimum Gasteiger partial charge on any atom is -0.318 e. The first-order valence-electron chi connectivity index (χ1n) is 6.44. The Morgan fingerprint density at radius 3 is 3.05 bits per heavy atom. The number of thiophene rings is 1. The molecule has 2 aliphatic rings. The smallest absolute Gasteiger partial charge is 0.168 e. The lowest BCUT2D eigenvalue weighted by molar-refractivity contribution is 0.648. The summed E-state index contributed by atoms with van der Waals surface area (Å²) in [5.41, 5.74) is 2.73. The third kappa shape index (κ3) is 1.66. The second kappa shape index (κ2) is 4.12. The van der Waals surface area contributed by atoms with Crippen molar-refractivity contribution in [1.82, 2.24) is 4.90 Å². The normalized spacial score (nSPS) is 18.4. The molecule has 0 fully saturated rings. The van der Waals surface area contributed by atoms with Gasteiger partial charge in [0.1, 0.15) is 0 Å². The van der Waals surface area contributed by atoms with E-state index in [9.17, 15) is 0 Å². The van der Waals surface area contributed by atoms with Crippen LogP contribution in [-0.4, -0.2) is 23.2 Å². The van der Waals surface area contributed by atoms with Gasteiger partial charge in [0, 0.05) is 32.0 Å². The highest BCUT2D eigenvalue weighted by atomic mass is 32.2. The van der Waals surface area contributed by atoms with Crippen LogP contribution >= 0.6 is 23.1 Å². The van der Waals surface area contributed by atoms with Crippen LogP contribution in [0.1, 0.15) is 17.4 Å². The lowest BCUT2D eigenvalue weighted by atomic mass is 10.1. The van der Waals surface area contributed by atoms with E-state index >= 15 is 0 Å². The first-order chi connectivity index (χ1) is 9.24. The standard InChI is InChI=1S/C15H14N2S2/c1-9-8-12-11(4-3-5-13(12)18-9)14-10(2)19-15-16-6-7-17(14)15/h3-5,8H,6-7H2,1-2H3. The average Bonchev–Trinajstić information content (AvgIpc) is 3.01. The molecule has 96 valence electrons. The Hall–Kier alpha value is -1.26. The van der Waals surface area contributed by atoms with E-state index in [2.05, 4.69) is 48.0 Å². The summed E-state index contributed by atoms with van der Waals surface area (Å²) in [6, 6.07) is 8.94. The minimum atomic E-state index is 0.928. The van der Waals surface area contributed by atoms with E-state index in [0.717, 1.165) is 13.1 Å². The predicted molar refractivity (Wildman–Crippen MR) is 85.8 cm³/mol. The van der Waals surface area contributed by atoms with Crippen molar-refractivity contribution in [3.63, 3.8) is 0 Å². The van der Waals surface area contributed by atoms with Gasteiger partial charge in [-0.05, 0) is 26.0 Å². The number of thioether (sulfide) groups is 1. The van der Waals surface area contributed by atoms with E-state index in [-0.39, 0.29) is 0 Å². The highest BCUT2D eigenvalue weighted by Gasteiger charge is 2.31. The van der Waals surface area contributed by atoms with Crippen molar-refractivity contribution in [2.75, 3.05) is 13.1 Å². The maximum Gasteiger partial charge on any atom is 0.168 e. The molecule has 1 aromatic heterocycles. The van der Waals surface area contributed by atoms with Crippen LogP contribution in [0.3, 0.4) is 0 Å². The molecule has 4 heteroatoms. The lowest BCUT2D eigenvalue weighted by Crippen LogP contribution is -2.20. The Morgan fingerprint density at radius 1 is 1.26 bits per heavy atom. The number of benzene rings is 1. The fourth-order valence-corrected chi connectivity index (χ4v) is 4.81. The van der Waals surface area contributed by atoms with Crippen molar-refractivity contribution in [3.05, 3.63) is 39.6 Å². The van der Waals surface area contributed by atoms with Gasteiger partial charge in [0.05, 0.1) is 12.2 Å². The van der Waals surface area contributed by atoms with Gasteiger partial charge in [-0.3, -0.25) is 4.99 Å². The molecule has 0 aliphatic carbocycles. The van der Waals surface area contributed by atoms with Crippen LogP contribution in [0.25, 0.3) is 15.8 Å². The molecule has 2 nitrogen and oxygen atoms in total. The Labute approximate surface area is 120 Å². The zero-order valence-corrected chi connectivity index (χ0v) is 12.6. The van der Waals surface area contributed by atoms with E-state index < -0.39 is 0 Å². The number of hydrogen-bond donors (Lipinski definition) is 0. The van der Waals surface area contributed by atoms with Gasteiger partial charge >= 0.3 is 0 Å². The Kier molecular flexibility index (Phi) is 2.50. The number of hydrogen-bond acceptors (Lipinski definition) is 4. The zero-order valence-electron chi connectivity index (χ0n) is 10.9. The molecule has 0 amide bonds. The van der Waals surface area contributed by atoms with Gasteiger partial charge in [-0.2, -0.15) is 0 Å². The molecule has 0 bridgehead atoms. The third-order valence-electron chi connectivity index (χ3n) is 3.59. The number of allylic oxidation sites excluding steroid dienone is 1. The molecule has 0 atom stereocenters. The van der Waals surface area contributed by atoms with Crippen molar-refractivity contribution in [3.8, 4) is 0 Å². The first-order valence-corrected chi connectivity index (χ1v) is 8.07. The largest absolute Gasteiger partial charge is 0.318 e. The summed E-state index contributed by atoms with van der Waals surface area (Å²) in [6.45, 7) is 6.34. The van der Waals surface area contributed by atoms with Crippen LogP contribution in [0, 0.1) is 6.92 Å². The second-order valence-electron chi connectivity index (χ2n) is 4.90. The molecule has 2 aliphatic heterocycles. The van der Waals surface area contributed by atoms with Crippen LogP contribution in [-0.2, 0) is 0 Å². The predicted octanol–water partition coefficient (Wildman–Crippen LogP) is 4.32. The molecule has 0 radical (unpaired) electrons. The molecule has 4 rings (SSSR count). The van der Waals surface area contributed by atoms with E-state index in [1.165, 1.54) is 36.3 Å². The van der Waals surface area contributed by atoms with Gasteiger partial charge in [-0.1, -0.05) is 23.9 Å². The summed E-state index contributed by atoms with van der Waals surface area (Å²) < 4.78 is 1.38. The van der Waals surface area contributed by atoms with E-state index in [1.807, 2.05) is 23.1 Å². The van der Waals surface area contributed by atoms with Crippen LogP contribution in [0.15, 0.2) is 34.2 Å². The zero-order chi connectivity index (χ0) is 13.0. The Morgan fingerprint density at radius 2 is 2.16 bits per heavy atom. The van der Waals surface area contributed by atoms with Crippen molar-refractivity contribution in [2.24, 2.45) is 4.99 Å². The van der Waals surface area contributed by atoms with Crippen LogP contribution in [0.4, 0.5) is 0 Å². The van der Waals surface area contributed by atoms with Gasteiger partial charge in [-0.15, -0.1) is 11.3 Å². The molecular weight excluding hydrogens is 272 g/mol. The minimum absolute atomic E-state index is 0.928. The van der Waals surface area contributed by atoms with Gasteiger partial charge < -0.3 is 4.90 Å². The molecule has 0 spiro atoms. The summed E-state index contributed by atoms with van der Waals surface area (Å²) in [4.78, 5) is 9.70.